The molecule has 0 aliphatic carbocycles. The summed E-state index contributed by atoms with van der Waals surface area (Å²) in [6.45, 7) is 1.06. The highest BCUT2D eigenvalue weighted by molar-refractivity contribution is 7.89. The number of methoxy groups -OCH3 is 1. The van der Waals surface area contributed by atoms with Gasteiger partial charge in [0.05, 0.1) is 25.2 Å². The minimum absolute atomic E-state index is 0.0178. The van der Waals surface area contributed by atoms with Gasteiger partial charge in [-0.2, -0.15) is 4.31 Å². The van der Waals surface area contributed by atoms with Crippen molar-refractivity contribution >= 4 is 15.9 Å². The van der Waals surface area contributed by atoms with E-state index in [1.807, 2.05) is 41.3 Å². The molecule has 0 aromatic heterocycles. The van der Waals surface area contributed by atoms with E-state index in [9.17, 15) is 18.3 Å². The zero-order valence-electron chi connectivity index (χ0n) is 23.1. The number of ether oxygens (including phenoxy) is 3. The van der Waals surface area contributed by atoms with Crippen molar-refractivity contribution in [3.8, 4) is 5.75 Å². The van der Waals surface area contributed by atoms with E-state index in [2.05, 4.69) is 0 Å². The standard InChI is InChI=1S/C30H40N2O7S/c1-37-26-12-14-27(15-13-26)40(35,36)32(18-20-33)19-21-38-29-23-25(24-10-6-5-7-11-24)22-28(39-29)30(34)31-16-8-3-2-4-9-17-31/h5-7,10-15,22,25,29,33H,2-4,8-9,16-21,23H2,1H3. The Morgan fingerprint density at radius 2 is 1.68 bits per heavy atom. The van der Waals surface area contributed by atoms with E-state index < -0.39 is 16.3 Å². The van der Waals surface area contributed by atoms with Gasteiger partial charge in [-0.15, -0.1) is 0 Å². The molecule has 2 heterocycles. The van der Waals surface area contributed by atoms with E-state index in [0.717, 1.165) is 31.2 Å². The zero-order chi connectivity index (χ0) is 28.4. The van der Waals surface area contributed by atoms with E-state index in [4.69, 9.17) is 14.2 Å². The first kappa shape index (κ1) is 30.0. The zero-order valence-corrected chi connectivity index (χ0v) is 23.9. The van der Waals surface area contributed by atoms with Gasteiger partial charge in [0.1, 0.15) is 5.75 Å². The highest BCUT2D eigenvalue weighted by Crippen LogP contribution is 2.32. The van der Waals surface area contributed by atoms with Gasteiger partial charge in [0.25, 0.3) is 5.91 Å². The third-order valence-electron chi connectivity index (χ3n) is 7.33. The van der Waals surface area contributed by atoms with Crippen LogP contribution >= 0.6 is 0 Å². The molecule has 40 heavy (non-hydrogen) atoms. The van der Waals surface area contributed by atoms with Crippen LogP contribution in [0.5, 0.6) is 5.75 Å². The van der Waals surface area contributed by atoms with Crippen LogP contribution in [0.15, 0.2) is 71.3 Å². The number of allylic oxidation sites excluding steroid dienone is 1. The number of amides is 1. The number of nitrogens with zero attached hydrogens (tertiary/aromatic N) is 2. The maximum atomic E-state index is 13.5. The predicted molar refractivity (Wildman–Crippen MR) is 151 cm³/mol. The molecule has 0 spiro atoms. The molecule has 2 aromatic carbocycles. The molecule has 2 unspecified atom stereocenters. The minimum atomic E-state index is -3.87. The maximum Gasteiger partial charge on any atom is 0.288 e. The Morgan fingerprint density at radius 3 is 2.33 bits per heavy atom. The van der Waals surface area contributed by atoms with Crippen LogP contribution in [0.4, 0.5) is 0 Å². The molecule has 0 saturated carbocycles. The number of rotatable bonds is 11. The van der Waals surface area contributed by atoms with Gasteiger partial charge in [-0.3, -0.25) is 4.79 Å². The number of sulfonamides is 1. The third-order valence-corrected chi connectivity index (χ3v) is 9.24. The van der Waals surface area contributed by atoms with E-state index >= 15 is 0 Å². The van der Waals surface area contributed by atoms with Crippen molar-refractivity contribution in [1.82, 2.24) is 9.21 Å². The van der Waals surface area contributed by atoms with Crippen molar-refractivity contribution in [1.29, 1.82) is 0 Å². The Balaban J connectivity index is 1.45. The summed E-state index contributed by atoms with van der Waals surface area (Å²) >= 11 is 0. The number of carbonyl (C=O) groups excluding carboxylic acids is 1. The summed E-state index contributed by atoms with van der Waals surface area (Å²) in [6, 6.07) is 16.0. The first-order chi connectivity index (χ1) is 19.4. The molecule has 2 aliphatic rings. The summed E-state index contributed by atoms with van der Waals surface area (Å²) in [4.78, 5) is 15.5. The summed E-state index contributed by atoms with van der Waals surface area (Å²) in [6.07, 6.45) is 7.05. The molecule has 9 nitrogen and oxygen atoms in total. The highest BCUT2D eigenvalue weighted by Gasteiger charge is 2.32. The summed E-state index contributed by atoms with van der Waals surface area (Å²) in [5.41, 5.74) is 1.06. The molecule has 1 amide bonds. The van der Waals surface area contributed by atoms with Gasteiger partial charge < -0.3 is 24.2 Å². The van der Waals surface area contributed by atoms with Crippen molar-refractivity contribution in [2.75, 3.05) is 46.5 Å². The first-order valence-electron chi connectivity index (χ1n) is 14.0. The van der Waals surface area contributed by atoms with Crippen molar-refractivity contribution in [3.63, 3.8) is 0 Å². The summed E-state index contributed by atoms with van der Waals surface area (Å²) in [7, 11) is -2.35. The Hall–Kier alpha value is -2.92. The van der Waals surface area contributed by atoms with Gasteiger partial charge >= 0.3 is 0 Å². The van der Waals surface area contributed by atoms with E-state index in [1.165, 1.54) is 30.0 Å². The lowest BCUT2D eigenvalue weighted by Crippen LogP contribution is -2.39. The average Bonchev–Trinajstić information content (AvgIpc) is 2.96. The summed E-state index contributed by atoms with van der Waals surface area (Å²) in [5, 5.41) is 9.55. The number of aliphatic hydroxyl groups excluding tert-OH is 1. The molecule has 10 heteroatoms. The molecule has 1 N–H and O–H groups in total. The SMILES string of the molecule is COc1ccc(S(=O)(=O)N(CCO)CCOC2CC(c3ccccc3)C=C(C(=O)N3CCCCCCC3)O2)cc1. The van der Waals surface area contributed by atoms with Crippen molar-refractivity contribution in [2.45, 2.75) is 55.6 Å². The second-order valence-electron chi connectivity index (χ2n) is 10.1. The van der Waals surface area contributed by atoms with Crippen molar-refractivity contribution in [3.05, 3.63) is 72.0 Å². The maximum absolute atomic E-state index is 13.5. The van der Waals surface area contributed by atoms with Gasteiger partial charge in [0, 0.05) is 38.5 Å². The highest BCUT2D eigenvalue weighted by atomic mass is 32.2. The van der Waals surface area contributed by atoms with Crippen LogP contribution in [0.2, 0.25) is 0 Å². The molecule has 4 rings (SSSR count). The smallest absolute Gasteiger partial charge is 0.288 e. The van der Waals surface area contributed by atoms with Gasteiger partial charge in [0.2, 0.25) is 16.3 Å². The fourth-order valence-electron chi connectivity index (χ4n) is 5.10. The largest absolute Gasteiger partial charge is 0.497 e. The molecule has 1 saturated heterocycles. The fourth-order valence-corrected chi connectivity index (χ4v) is 6.51. The number of likely N-dealkylation sites (tertiary alicyclic amines) is 1. The lowest BCUT2D eigenvalue weighted by atomic mass is 9.93. The lowest BCUT2D eigenvalue weighted by Gasteiger charge is -2.32. The Labute approximate surface area is 237 Å². The van der Waals surface area contributed by atoms with Crippen molar-refractivity contribution < 1.29 is 32.5 Å². The topological polar surface area (TPSA) is 106 Å². The van der Waals surface area contributed by atoms with Gasteiger partial charge in [-0.1, -0.05) is 49.6 Å². The second kappa shape index (κ2) is 14.6. The number of carbonyl (C=O) groups is 1. The van der Waals surface area contributed by atoms with Crippen LogP contribution in [0.3, 0.4) is 0 Å². The molecular weight excluding hydrogens is 532 g/mol. The molecule has 218 valence electrons. The van der Waals surface area contributed by atoms with Gasteiger partial charge in [-0.05, 0) is 48.7 Å². The molecule has 0 radical (unpaired) electrons. The quantitative estimate of drug-likeness (QED) is 0.435. The minimum Gasteiger partial charge on any atom is -0.497 e. The lowest BCUT2D eigenvalue weighted by molar-refractivity contribution is -0.153. The summed E-state index contributed by atoms with van der Waals surface area (Å²) in [5.74, 6) is 0.627. The molecular formula is C30H40N2O7S. The number of benzene rings is 2. The number of hydrogen-bond acceptors (Lipinski definition) is 7. The Kier molecular flexibility index (Phi) is 11.0. The Bertz CT molecular complexity index is 1210. The van der Waals surface area contributed by atoms with E-state index in [-0.39, 0.29) is 48.8 Å². The van der Waals surface area contributed by atoms with E-state index in [0.29, 0.717) is 25.3 Å². The third kappa shape index (κ3) is 7.84. The molecule has 0 bridgehead atoms. The molecule has 2 aliphatic heterocycles. The van der Waals surface area contributed by atoms with Gasteiger partial charge in [-0.25, -0.2) is 8.42 Å². The molecule has 1 fully saturated rings. The first-order valence-corrected chi connectivity index (χ1v) is 15.5. The van der Waals surface area contributed by atoms with Crippen molar-refractivity contribution in [2.24, 2.45) is 0 Å². The van der Waals surface area contributed by atoms with Crippen LogP contribution in [0.1, 0.15) is 50.0 Å². The van der Waals surface area contributed by atoms with Gasteiger partial charge in [0.15, 0.2) is 5.76 Å². The summed E-state index contributed by atoms with van der Waals surface area (Å²) < 4.78 is 44.9. The Morgan fingerprint density at radius 1 is 1.00 bits per heavy atom. The number of hydrogen-bond donors (Lipinski definition) is 1. The second-order valence-corrected chi connectivity index (χ2v) is 12.0. The average molecular weight is 573 g/mol. The predicted octanol–water partition coefficient (Wildman–Crippen LogP) is 3.90. The monoisotopic (exact) mass is 572 g/mol. The van der Waals surface area contributed by atoms with Crippen LogP contribution in [-0.4, -0.2) is 81.4 Å². The normalized spacial score (nSPS) is 20.3. The molecule has 2 atom stereocenters. The fraction of sp³-hybridized carbons (Fsp3) is 0.500. The van der Waals surface area contributed by atoms with Crippen LogP contribution in [0.25, 0.3) is 0 Å². The van der Waals surface area contributed by atoms with Crippen LogP contribution in [0, 0.1) is 0 Å². The van der Waals surface area contributed by atoms with E-state index in [1.54, 1.807) is 12.1 Å². The van der Waals surface area contributed by atoms with Crippen LogP contribution in [-0.2, 0) is 24.3 Å². The molecule has 2 aromatic rings. The number of aliphatic hydroxyl groups is 1. The van der Waals surface area contributed by atoms with Crippen LogP contribution < -0.4 is 4.74 Å².